The van der Waals surface area contributed by atoms with Crippen molar-refractivity contribution < 1.29 is 10.0 Å². The van der Waals surface area contributed by atoms with Crippen LogP contribution in [0.5, 0.6) is 0 Å². The van der Waals surface area contributed by atoms with Crippen LogP contribution in [0.4, 0.5) is 17.5 Å². The third kappa shape index (κ3) is 4.43. The van der Waals surface area contributed by atoms with Gasteiger partial charge in [0.1, 0.15) is 5.69 Å². The van der Waals surface area contributed by atoms with Gasteiger partial charge in [-0.15, -0.1) is 0 Å². The predicted molar refractivity (Wildman–Crippen MR) is 85.1 cm³/mol. The Morgan fingerprint density at radius 3 is 2.62 bits per heavy atom. The van der Waals surface area contributed by atoms with Crippen LogP contribution in [0.3, 0.4) is 0 Å². The summed E-state index contributed by atoms with van der Waals surface area (Å²) in [4.78, 5) is 19.0. The molecule has 2 atom stereocenters. The Morgan fingerprint density at radius 1 is 1.48 bits per heavy atom. The quantitative estimate of drug-likeness (QED) is 0.490. The smallest absolute Gasteiger partial charge is 0.332 e. The monoisotopic (exact) mass is 315 g/mol. The van der Waals surface area contributed by atoms with Crippen LogP contribution < -0.4 is 10.6 Å². The fraction of sp³-hybridized carbons (Fsp3) is 0.667. The maximum Gasteiger partial charge on any atom is 0.332 e. The van der Waals surface area contributed by atoms with Crippen LogP contribution in [0.15, 0.2) is 0 Å². The lowest BCUT2D eigenvalue weighted by Crippen LogP contribution is -2.31. The fourth-order valence-corrected chi connectivity index (χ4v) is 2.49. The summed E-state index contributed by atoms with van der Waals surface area (Å²) in [6.07, 6.45) is 1.88. The number of nitro groups is 1. The highest BCUT2D eigenvalue weighted by atomic mass is 32.2. The van der Waals surface area contributed by atoms with Crippen LogP contribution in [0.1, 0.15) is 19.5 Å². The van der Waals surface area contributed by atoms with E-state index in [1.54, 1.807) is 6.92 Å². The maximum atomic E-state index is 11.2. The molecular weight excluding hydrogens is 294 g/mol. The molecule has 0 spiro atoms. The molecule has 0 aliphatic rings. The first-order chi connectivity index (χ1) is 9.94. The summed E-state index contributed by atoms with van der Waals surface area (Å²) in [5, 5.41) is 26.4. The molecule has 0 aromatic carbocycles. The second kappa shape index (κ2) is 7.99. The molecule has 1 rings (SSSR count). The highest BCUT2D eigenvalue weighted by Crippen LogP contribution is 2.28. The van der Waals surface area contributed by atoms with Crippen molar-refractivity contribution in [2.24, 2.45) is 0 Å². The van der Waals surface area contributed by atoms with Crippen LogP contribution in [0, 0.1) is 17.0 Å². The Labute approximate surface area is 127 Å². The Hall–Kier alpha value is -1.61. The van der Waals surface area contributed by atoms with Gasteiger partial charge in [-0.05, 0) is 27.0 Å². The third-order valence-electron chi connectivity index (χ3n) is 2.98. The average Bonchev–Trinajstić information content (AvgIpc) is 2.39. The Balaban J connectivity index is 3.15. The van der Waals surface area contributed by atoms with E-state index in [2.05, 4.69) is 20.6 Å². The van der Waals surface area contributed by atoms with Crippen molar-refractivity contribution >= 4 is 29.2 Å². The molecule has 3 N–H and O–H groups in total. The van der Waals surface area contributed by atoms with Gasteiger partial charge in [0.2, 0.25) is 11.8 Å². The second-order valence-electron chi connectivity index (χ2n) is 4.51. The van der Waals surface area contributed by atoms with E-state index in [9.17, 15) is 15.2 Å². The molecule has 1 heterocycles. The first kappa shape index (κ1) is 17.4. The van der Waals surface area contributed by atoms with Crippen molar-refractivity contribution in [1.29, 1.82) is 0 Å². The van der Waals surface area contributed by atoms with Gasteiger partial charge in [0.15, 0.2) is 0 Å². The number of anilines is 2. The lowest BCUT2D eigenvalue weighted by molar-refractivity contribution is -0.385. The zero-order valence-corrected chi connectivity index (χ0v) is 13.4. The molecule has 0 radical (unpaired) electrons. The number of thioether (sulfide) groups is 1. The van der Waals surface area contributed by atoms with E-state index in [0.29, 0.717) is 18.2 Å². The largest absolute Gasteiger partial charge is 0.395 e. The number of hydrogen-bond acceptors (Lipinski definition) is 8. The summed E-state index contributed by atoms with van der Waals surface area (Å²) in [5.41, 5.74) is 0.159. The number of aliphatic hydroxyl groups is 1. The van der Waals surface area contributed by atoms with Gasteiger partial charge in [-0.3, -0.25) is 10.1 Å². The van der Waals surface area contributed by atoms with Crippen molar-refractivity contribution in [3.63, 3.8) is 0 Å². The number of aromatic nitrogens is 2. The Morgan fingerprint density at radius 2 is 2.14 bits per heavy atom. The van der Waals surface area contributed by atoms with Crippen LogP contribution >= 0.6 is 11.8 Å². The number of aliphatic hydroxyl groups excluding tert-OH is 1. The van der Waals surface area contributed by atoms with E-state index in [0.717, 1.165) is 0 Å². The van der Waals surface area contributed by atoms with Gasteiger partial charge in [-0.2, -0.15) is 16.7 Å². The average molecular weight is 315 g/mol. The minimum absolute atomic E-state index is 0.0206. The zero-order valence-electron chi connectivity index (χ0n) is 12.6. The van der Waals surface area contributed by atoms with Gasteiger partial charge in [0, 0.05) is 17.8 Å². The van der Waals surface area contributed by atoms with Crippen LogP contribution in [0.25, 0.3) is 0 Å². The van der Waals surface area contributed by atoms with E-state index in [1.807, 2.05) is 20.1 Å². The van der Waals surface area contributed by atoms with E-state index in [-0.39, 0.29) is 29.4 Å². The van der Waals surface area contributed by atoms with Gasteiger partial charge >= 0.3 is 5.69 Å². The molecule has 9 heteroatoms. The van der Waals surface area contributed by atoms with Crippen LogP contribution in [0.2, 0.25) is 0 Å². The molecule has 0 aliphatic carbocycles. The van der Waals surface area contributed by atoms with Gasteiger partial charge in [-0.25, -0.2) is 4.98 Å². The lowest BCUT2D eigenvalue weighted by Gasteiger charge is -2.22. The molecule has 0 saturated heterocycles. The molecular formula is C12H21N5O3S. The lowest BCUT2D eigenvalue weighted by atomic mass is 10.2. The topological polar surface area (TPSA) is 113 Å². The molecule has 0 aliphatic heterocycles. The van der Waals surface area contributed by atoms with Gasteiger partial charge < -0.3 is 15.7 Å². The summed E-state index contributed by atoms with van der Waals surface area (Å²) < 4.78 is 0. The standard InChI is InChI=1S/C12H21N5O3S/c1-5-13-12-15-8(3)10(17(19)20)11(16-12)14-7(2)9(6-18)21-4/h7,9,18H,5-6H2,1-4H3,(H2,13,14,15,16). The number of aryl methyl sites for hydroxylation is 1. The van der Waals surface area contributed by atoms with Crippen LogP contribution in [-0.2, 0) is 0 Å². The summed E-state index contributed by atoms with van der Waals surface area (Å²) >= 11 is 1.49. The van der Waals surface area contributed by atoms with Crippen molar-refractivity contribution in [2.75, 3.05) is 30.0 Å². The van der Waals surface area contributed by atoms with Crippen molar-refractivity contribution in [2.45, 2.75) is 32.1 Å². The van der Waals surface area contributed by atoms with Gasteiger partial charge in [-0.1, -0.05) is 0 Å². The fourth-order valence-electron chi connectivity index (χ4n) is 1.87. The molecule has 1 aromatic rings. The molecule has 21 heavy (non-hydrogen) atoms. The number of rotatable bonds is 8. The van der Waals surface area contributed by atoms with Crippen LogP contribution in [-0.4, -0.2) is 50.7 Å². The van der Waals surface area contributed by atoms with E-state index >= 15 is 0 Å². The highest BCUT2D eigenvalue weighted by molar-refractivity contribution is 7.99. The second-order valence-corrected chi connectivity index (χ2v) is 5.58. The summed E-state index contributed by atoms with van der Waals surface area (Å²) in [6.45, 7) is 5.93. The maximum absolute atomic E-state index is 11.2. The number of nitrogens with zero attached hydrogens (tertiary/aromatic N) is 3. The first-order valence-electron chi connectivity index (χ1n) is 6.61. The van der Waals surface area contributed by atoms with E-state index in [4.69, 9.17) is 0 Å². The normalized spacial score (nSPS) is 13.6. The van der Waals surface area contributed by atoms with Crippen molar-refractivity contribution in [3.05, 3.63) is 15.8 Å². The number of hydrogen-bond donors (Lipinski definition) is 3. The summed E-state index contributed by atoms with van der Waals surface area (Å²) in [7, 11) is 0. The minimum atomic E-state index is -0.493. The minimum Gasteiger partial charge on any atom is -0.395 e. The molecule has 2 unspecified atom stereocenters. The van der Waals surface area contributed by atoms with Crippen molar-refractivity contribution in [1.82, 2.24) is 9.97 Å². The molecule has 118 valence electrons. The SMILES string of the molecule is CCNc1nc(C)c([N+](=O)[O-])c(NC(C)C(CO)SC)n1. The third-order valence-corrected chi connectivity index (χ3v) is 4.14. The molecule has 1 aromatic heterocycles. The predicted octanol–water partition coefficient (Wildman–Crippen LogP) is 1.65. The van der Waals surface area contributed by atoms with Gasteiger partial charge in [0.05, 0.1) is 11.5 Å². The Bertz CT molecular complexity index is 496. The molecule has 0 saturated carbocycles. The highest BCUT2D eigenvalue weighted by Gasteiger charge is 2.25. The van der Waals surface area contributed by atoms with Gasteiger partial charge in [0.25, 0.3) is 0 Å². The van der Waals surface area contributed by atoms with E-state index in [1.165, 1.54) is 11.8 Å². The first-order valence-corrected chi connectivity index (χ1v) is 7.90. The van der Waals surface area contributed by atoms with Crippen molar-refractivity contribution in [3.8, 4) is 0 Å². The number of nitrogens with one attached hydrogen (secondary N) is 2. The molecule has 0 fully saturated rings. The molecule has 0 bridgehead atoms. The zero-order chi connectivity index (χ0) is 16.0. The molecule has 8 nitrogen and oxygen atoms in total. The van der Waals surface area contributed by atoms with E-state index < -0.39 is 4.92 Å². The summed E-state index contributed by atoms with van der Waals surface area (Å²) in [5.74, 6) is 0.517. The summed E-state index contributed by atoms with van der Waals surface area (Å²) in [6, 6.07) is -0.174. The Kier molecular flexibility index (Phi) is 6.63. The molecule has 0 amide bonds.